The molecule has 1 N–H and O–H groups in total. The van der Waals surface area contributed by atoms with Crippen molar-refractivity contribution in [2.24, 2.45) is 0 Å². The smallest absolute Gasteiger partial charge is 0.191 e. The summed E-state index contributed by atoms with van der Waals surface area (Å²) >= 11 is 3.19. The number of ether oxygens (including phenoxy) is 1. The zero-order chi connectivity index (χ0) is 19.3. The summed E-state index contributed by atoms with van der Waals surface area (Å²) in [7, 11) is 0. The highest BCUT2D eigenvalue weighted by Crippen LogP contribution is 2.32. The van der Waals surface area contributed by atoms with Gasteiger partial charge in [-0.25, -0.2) is 0 Å². The van der Waals surface area contributed by atoms with Gasteiger partial charge >= 0.3 is 0 Å². The summed E-state index contributed by atoms with van der Waals surface area (Å²) in [4.78, 5) is 1.11. The average molecular weight is 416 g/mol. The fraction of sp³-hybridized carbons (Fsp3) is 0.429. The van der Waals surface area contributed by atoms with Gasteiger partial charge < -0.3 is 14.4 Å². The molecule has 0 fully saturated rings. The molecule has 0 unspecified atom stereocenters. The molecule has 0 saturated heterocycles. The van der Waals surface area contributed by atoms with Crippen molar-refractivity contribution in [3.63, 3.8) is 0 Å². The minimum absolute atomic E-state index is 0.0920. The Morgan fingerprint density at radius 1 is 1.29 bits per heavy atom. The van der Waals surface area contributed by atoms with E-state index in [2.05, 4.69) is 52.0 Å². The predicted octanol–water partition coefficient (Wildman–Crippen LogP) is 4.57. The molecule has 0 radical (unpaired) electrons. The lowest BCUT2D eigenvalue weighted by molar-refractivity contribution is -0.00961. The minimum atomic E-state index is -0.536. The molecule has 5 nitrogen and oxygen atoms in total. The minimum Gasteiger partial charge on any atom is -0.390 e. The first-order valence-corrected chi connectivity index (χ1v) is 11.6. The second-order valence-corrected chi connectivity index (χ2v) is 8.84. The molecular formula is C21H25N3O2S2. The molecule has 1 aromatic carbocycles. The Kier molecular flexibility index (Phi) is 6.47. The van der Waals surface area contributed by atoms with E-state index >= 15 is 0 Å². The van der Waals surface area contributed by atoms with E-state index in [9.17, 15) is 5.11 Å². The molecule has 0 saturated carbocycles. The molecule has 0 spiro atoms. The van der Waals surface area contributed by atoms with Crippen LogP contribution in [-0.4, -0.2) is 38.3 Å². The molecule has 2 atom stereocenters. The van der Waals surface area contributed by atoms with Gasteiger partial charge in [0.05, 0.1) is 23.7 Å². The number of aromatic nitrogens is 3. The van der Waals surface area contributed by atoms with Crippen LogP contribution in [0.4, 0.5) is 0 Å². The highest BCUT2D eigenvalue weighted by Gasteiger charge is 2.22. The van der Waals surface area contributed by atoms with Gasteiger partial charge in [0.25, 0.3) is 0 Å². The van der Waals surface area contributed by atoms with Crippen LogP contribution in [0.2, 0.25) is 0 Å². The van der Waals surface area contributed by atoms with E-state index in [1.54, 1.807) is 11.3 Å². The first kappa shape index (κ1) is 19.6. The number of thioether (sulfide) groups is 1. The van der Waals surface area contributed by atoms with E-state index in [0.29, 0.717) is 12.4 Å². The Hall–Kier alpha value is -1.67. The van der Waals surface area contributed by atoms with Crippen LogP contribution in [0.5, 0.6) is 0 Å². The highest BCUT2D eigenvalue weighted by atomic mass is 32.2. The number of nitrogens with zero attached hydrogens (tertiary/aromatic N) is 3. The van der Waals surface area contributed by atoms with Gasteiger partial charge in [0, 0.05) is 12.3 Å². The van der Waals surface area contributed by atoms with Gasteiger partial charge in [-0.3, -0.25) is 0 Å². The normalized spacial score (nSPS) is 17.4. The molecular weight excluding hydrogens is 390 g/mol. The quantitative estimate of drug-likeness (QED) is 0.546. The first-order valence-electron chi connectivity index (χ1n) is 9.73. The molecule has 2 aromatic heterocycles. The van der Waals surface area contributed by atoms with Crippen molar-refractivity contribution in [3.05, 3.63) is 52.9 Å². The third-order valence-electron chi connectivity index (χ3n) is 4.98. The van der Waals surface area contributed by atoms with Gasteiger partial charge in [-0.15, -0.1) is 21.5 Å². The number of benzene rings is 1. The molecule has 0 aliphatic heterocycles. The summed E-state index contributed by atoms with van der Waals surface area (Å²) in [6.45, 7) is 3.22. The van der Waals surface area contributed by atoms with Crippen molar-refractivity contribution in [2.45, 2.75) is 50.1 Å². The zero-order valence-corrected chi connectivity index (χ0v) is 17.6. The summed E-state index contributed by atoms with van der Waals surface area (Å²) < 4.78 is 8.17. The van der Waals surface area contributed by atoms with Gasteiger partial charge in [-0.2, -0.15) is 0 Å². The average Bonchev–Trinajstić information content (AvgIpc) is 3.39. The van der Waals surface area contributed by atoms with E-state index < -0.39 is 6.10 Å². The number of aliphatic hydroxyl groups excluding tert-OH is 1. The van der Waals surface area contributed by atoms with Gasteiger partial charge in [0.1, 0.15) is 0 Å². The second kappa shape index (κ2) is 9.22. The summed E-state index contributed by atoms with van der Waals surface area (Å²) in [6.07, 6.45) is 2.83. The number of aliphatic hydroxyl groups is 1. The van der Waals surface area contributed by atoms with Crippen molar-refractivity contribution in [1.82, 2.24) is 14.8 Å². The molecule has 148 valence electrons. The Balaban J connectivity index is 1.33. The maximum Gasteiger partial charge on any atom is 0.191 e. The molecule has 4 rings (SSSR count). The molecule has 7 heteroatoms. The number of hydrogen-bond acceptors (Lipinski definition) is 6. The van der Waals surface area contributed by atoms with Crippen molar-refractivity contribution in [3.8, 4) is 10.7 Å². The predicted molar refractivity (Wildman–Crippen MR) is 114 cm³/mol. The number of aryl methyl sites for hydroxylation is 1. The molecule has 1 aliphatic carbocycles. The third-order valence-corrected chi connectivity index (χ3v) is 6.96. The summed E-state index contributed by atoms with van der Waals surface area (Å²) in [5.74, 6) is 1.43. The molecule has 0 bridgehead atoms. The van der Waals surface area contributed by atoms with Crippen LogP contribution in [-0.2, 0) is 17.7 Å². The number of thiophene rings is 1. The van der Waals surface area contributed by atoms with Crippen molar-refractivity contribution < 1.29 is 9.84 Å². The Labute approximate surface area is 173 Å². The van der Waals surface area contributed by atoms with Crippen LogP contribution in [0.15, 0.2) is 46.9 Å². The molecule has 0 amide bonds. The SMILES string of the molecule is CCn1c(SC[C@H](O)CO[C@H]2CCCc3ccccc32)nnc1-c1cccs1. The maximum absolute atomic E-state index is 10.4. The second-order valence-electron chi connectivity index (χ2n) is 6.91. The van der Waals surface area contributed by atoms with Crippen molar-refractivity contribution in [1.29, 1.82) is 0 Å². The summed E-state index contributed by atoms with van der Waals surface area (Å²) in [5.41, 5.74) is 2.65. The number of rotatable bonds is 8. The first-order chi connectivity index (χ1) is 13.8. The van der Waals surface area contributed by atoms with Crippen LogP contribution in [0.1, 0.15) is 37.0 Å². The fourth-order valence-electron chi connectivity index (χ4n) is 3.60. The van der Waals surface area contributed by atoms with Crippen molar-refractivity contribution in [2.75, 3.05) is 12.4 Å². The number of hydrogen-bond donors (Lipinski definition) is 1. The Bertz CT molecular complexity index is 895. The molecule has 3 aromatic rings. The highest BCUT2D eigenvalue weighted by molar-refractivity contribution is 7.99. The van der Waals surface area contributed by atoms with Crippen LogP contribution in [0.25, 0.3) is 10.7 Å². The third kappa shape index (κ3) is 4.33. The van der Waals surface area contributed by atoms with E-state index in [1.165, 1.54) is 22.9 Å². The van der Waals surface area contributed by atoms with Gasteiger partial charge in [0.15, 0.2) is 11.0 Å². The van der Waals surface area contributed by atoms with Crippen LogP contribution in [0.3, 0.4) is 0 Å². The van der Waals surface area contributed by atoms with E-state index in [0.717, 1.165) is 41.7 Å². The lowest BCUT2D eigenvalue weighted by Gasteiger charge is -2.26. The van der Waals surface area contributed by atoms with Crippen LogP contribution >= 0.6 is 23.1 Å². The Morgan fingerprint density at radius 2 is 2.18 bits per heavy atom. The zero-order valence-electron chi connectivity index (χ0n) is 16.0. The number of fused-ring (bicyclic) bond motifs is 1. The maximum atomic E-state index is 10.4. The Morgan fingerprint density at radius 3 is 3.00 bits per heavy atom. The molecule has 28 heavy (non-hydrogen) atoms. The standard InChI is InChI=1S/C21H25N3O2S2/c1-2-24-20(19-11-6-12-27-19)22-23-21(24)28-14-16(25)13-26-18-10-5-8-15-7-3-4-9-17(15)18/h3-4,6-7,9,11-12,16,18,25H,2,5,8,10,13-14H2,1H3/t16-,18+/m1/s1. The van der Waals surface area contributed by atoms with Gasteiger partial charge in [0.2, 0.25) is 0 Å². The largest absolute Gasteiger partial charge is 0.390 e. The van der Waals surface area contributed by atoms with Gasteiger partial charge in [-0.1, -0.05) is 42.1 Å². The summed E-state index contributed by atoms with van der Waals surface area (Å²) in [5, 5.41) is 22.0. The van der Waals surface area contributed by atoms with Gasteiger partial charge in [-0.05, 0) is 48.8 Å². The molecule has 1 aliphatic rings. The lowest BCUT2D eigenvalue weighted by Crippen LogP contribution is -2.22. The summed E-state index contributed by atoms with van der Waals surface area (Å²) in [6, 6.07) is 12.6. The van der Waals surface area contributed by atoms with Crippen LogP contribution in [0, 0.1) is 0 Å². The van der Waals surface area contributed by atoms with Crippen molar-refractivity contribution >= 4 is 23.1 Å². The van der Waals surface area contributed by atoms with E-state index in [-0.39, 0.29) is 6.10 Å². The lowest BCUT2D eigenvalue weighted by atomic mass is 9.89. The molecule has 2 heterocycles. The fourth-order valence-corrected chi connectivity index (χ4v) is 5.22. The monoisotopic (exact) mass is 415 g/mol. The van der Waals surface area contributed by atoms with E-state index in [4.69, 9.17) is 4.74 Å². The van der Waals surface area contributed by atoms with Crippen LogP contribution < -0.4 is 0 Å². The van der Waals surface area contributed by atoms with E-state index in [1.807, 2.05) is 11.4 Å². The topological polar surface area (TPSA) is 60.2 Å².